The van der Waals surface area contributed by atoms with E-state index >= 15 is 0 Å². The van der Waals surface area contributed by atoms with Crippen molar-refractivity contribution in [1.82, 2.24) is 15.3 Å². The van der Waals surface area contributed by atoms with Crippen molar-refractivity contribution in [2.75, 3.05) is 6.61 Å². The molecule has 1 fully saturated rings. The van der Waals surface area contributed by atoms with Crippen LogP contribution in [0.3, 0.4) is 0 Å². The third-order valence-corrected chi connectivity index (χ3v) is 3.57. The topological polar surface area (TPSA) is 75.1 Å². The zero-order chi connectivity index (χ0) is 13.2. The molecule has 19 heavy (non-hydrogen) atoms. The Morgan fingerprint density at radius 3 is 2.95 bits per heavy atom. The normalized spacial score (nSPS) is 25.5. The molecule has 2 atom stereocenters. The first kappa shape index (κ1) is 12.3. The zero-order valence-electron chi connectivity index (χ0n) is 10.6. The Hall–Kier alpha value is -1.75. The van der Waals surface area contributed by atoms with Gasteiger partial charge in [-0.25, -0.2) is 9.97 Å². The number of nitrogens with zero attached hydrogens (tertiary/aromatic N) is 2. The van der Waals surface area contributed by atoms with Gasteiger partial charge in [-0.1, -0.05) is 12.2 Å². The van der Waals surface area contributed by atoms with E-state index in [2.05, 4.69) is 15.3 Å². The molecule has 0 saturated heterocycles. The van der Waals surface area contributed by atoms with Crippen molar-refractivity contribution in [2.45, 2.75) is 31.2 Å². The van der Waals surface area contributed by atoms with Crippen molar-refractivity contribution in [3.05, 3.63) is 35.9 Å². The standard InChI is InChI=1S/C14H17N3O2/c18-8-9-1-4-11(7-9)16-14(19)12-5-6-15-13(17-12)10-2-3-10/h1,4-6,9-11,18H,2-3,7-8H2,(H,16,19)/t9-,11+/m0/s1. The molecule has 0 aromatic carbocycles. The summed E-state index contributed by atoms with van der Waals surface area (Å²) in [6, 6.07) is 1.63. The lowest BCUT2D eigenvalue weighted by Gasteiger charge is -2.12. The van der Waals surface area contributed by atoms with Gasteiger partial charge in [-0.3, -0.25) is 4.79 Å². The summed E-state index contributed by atoms with van der Waals surface area (Å²) in [6.45, 7) is 0.127. The minimum atomic E-state index is -0.169. The number of aromatic nitrogens is 2. The van der Waals surface area contributed by atoms with Crippen molar-refractivity contribution < 1.29 is 9.90 Å². The van der Waals surface area contributed by atoms with Crippen LogP contribution in [0.5, 0.6) is 0 Å². The molecule has 0 spiro atoms. The van der Waals surface area contributed by atoms with Crippen LogP contribution in [-0.2, 0) is 0 Å². The van der Waals surface area contributed by atoms with E-state index in [0.717, 1.165) is 25.1 Å². The minimum absolute atomic E-state index is 0.0102. The van der Waals surface area contributed by atoms with Gasteiger partial charge in [-0.05, 0) is 25.3 Å². The fraction of sp³-hybridized carbons (Fsp3) is 0.500. The first-order valence-corrected chi connectivity index (χ1v) is 6.69. The van der Waals surface area contributed by atoms with Crippen molar-refractivity contribution in [3.8, 4) is 0 Å². The van der Waals surface area contributed by atoms with Crippen LogP contribution in [0.1, 0.15) is 41.5 Å². The Kier molecular flexibility index (Phi) is 3.29. The number of nitrogens with one attached hydrogen (secondary N) is 1. The maximum Gasteiger partial charge on any atom is 0.270 e. The monoisotopic (exact) mass is 259 g/mol. The Morgan fingerprint density at radius 2 is 2.26 bits per heavy atom. The molecule has 100 valence electrons. The first-order valence-electron chi connectivity index (χ1n) is 6.69. The zero-order valence-corrected chi connectivity index (χ0v) is 10.6. The lowest BCUT2D eigenvalue weighted by molar-refractivity contribution is 0.0935. The fourth-order valence-corrected chi connectivity index (χ4v) is 2.30. The van der Waals surface area contributed by atoms with Gasteiger partial charge in [0.15, 0.2) is 0 Å². The molecule has 1 heterocycles. The minimum Gasteiger partial charge on any atom is -0.396 e. The van der Waals surface area contributed by atoms with E-state index in [-0.39, 0.29) is 24.5 Å². The summed E-state index contributed by atoms with van der Waals surface area (Å²) in [5.41, 5.74) is 0.428. The molecule has 2 N–H and O–H groups in total. The van der Waals surface area contributed by atoms with E-state index in [4.69, 9.17) is 5.11 Å². The summed E-state index contributed by atoms with van der Waals surface area (Å²) in [5.74, 6) is 1.20. The molecule has 1 aromatic heterocycles. The quantitative estimate of drug-likeness (QED) is 0.792. The predicted octanol–water partition coefficient (Wildman–Crippen LogP) is 1.02. The summed E-state index contributed by atoms with van der Waals surface area (Å²) >= 11 is 0. The first-order chi connectivity index (χ1) is 9.26. The Balaban J connectivity index is 1.64. The van der Waals surface area contributed by atoms with Gasteiger partial charge in [0, 0.05) is 30.7 Å². The second-order valence-electron chi connectivity index (χ2n) is 5.22. The molecule has 3 rings (SSSR count). The number of hydrogen-bond acceptors (Lipinski definition) is 4. The molecule has 1 amide bonds. The Labute approximate surface area is 111 Å². The van der Waals surface area contributed by atoms with Gasteiger partial charge in [0.1, 0.15) is 11.5 Å². The summed E-state index contributed by atoms with van der Waals surface area (Å²) in [4.78, 5) is 20.6. The third kappa shape index (κ3) is 2.81. The molecule has 0 aliphatic heterocycles. The maximum atomic E-state index is 12.1. The lowest BCUT2D eigenvalue weighted by atomic mass is 10.1. The van der Waals surface area contributed by atoms with E-state index in [1.165, 1.54) is 0 Å². The van der Waals surface area contributed by atoms with Gasteiger partial charge in [0.2, 0.25) is 0 Å². The summed E-state index contributed by atoms with van der Waals surface area (Å²) < 4.78 is 0. The molecule has 1 aromatic rings. The second-order valence-corrected chi connectivity index (χ2v) is 5.22. The molecule has 0 bridgehead atoms. The summed E-state index contributed by atoms with van der Waals surface area (Å²) in [6.07, 6.45) is 8.52. The van der Waals surface area contributed by atoms with Gasteiger partial charge >= 0.3 is 0 Å². The number of carbonyl (C=O) groups excluding carboxylic acids is 1. The number of aliphatic hydroxyl groups excluding tert-OH is 1. The summed E-state index contributed by atoms with van der Waals surface area (Å²) in [7, 11) is 0. The van der Waals surface area contributed by atoms with Crippen molar-refractivity contribution in [3.63, 3.8) is 0 Å². The van der Waals surface area contributed by atoms with Crippen molar-refractivity contribution in [1.29, 1.82) is 0 Å². The molecule has 1 saturated carbocycles. The van der Waals surface area contributed by atoms with Crippen LogP contribution in [0.2, 0.25) is 0 Å². The van der Waals surface area contributed by atoms with Gasteiger partial charge in [-0.2, -0.15) is 0 Å². The molecule has 5 nitrogen and oxygen atoms in total. The van der Waals surface area contributed by atoms with E-state index in [9.17, 15) is 4.79 Å². The largest absolute Gasteiger partial charge is 0.396 e. The van der Waals surface area contributed by atoms with Crippen LogP contribution in [0.15, 0.2) is 24.4 Å². The van der Waals surface area contributed by atoms with E-state index in [1.54, 1.807) is 12.3 Å². The van der Waals surface area contributed by atoms with Crippen LogP contribution in [0.4, 0.5) is 0 Å². The number of aliphatic hydroxyl groups is 1. The van der Waals surface area contributed by atoms with Crippen LogP contribution in [0.25, 0.3) is 0 Å². The Bertz CT molecular complexity index is 511. The molecule has 2 aliphatic rings. The molecule has 2 aliphatic carbocycles. The number of carbonyl (C=O) groups is 1. The molecular formula is C14H17N3O2. The lowest BCUT2D eigenvalue weighted by Crippen LogP contribution is -2.33. The highest BCUT2D eigenvalue weighted by molar-refractivity contribution is 5.92. The molecular weight excluding hydrogens is 242 g/mol. The molecule has 5 heteroatoms. The maximum absolute atomic E-state index is 12.1. The van der Waals surface area contributed by atoms with E-state index in [0.29, 0.717) is 11.6 Å². The van der Waals surface area contributed by atoms with Gasteiger partial charge in [-0.15, -0.1) is 0 Å². The van der Waals surface area contributed by atoms with Crippen LogP contribution in [0, 0.1) is 5.92 Å². The smallest absolute Gasteiger partial charge is 0.270 e. The van der Waals surface area contributed by atoms with Crippen molar-refractivity contribution >= 4 is 5.91 Å². The third-order valence-electron chi connectivity index (χ3n) is 3.57. The van der Waals surface area contributed by atoms with Crippen LogP contribution >= 0.6 is 0 Å². The van der Waals surface area contributed by atoms with Crippen LogP contribution in [-0.4, -0.2) is 33.6 Å². The predicted molar refractivity (Wildman–Crippen MR) is 69.6 cm³/mol. The fourth-order valence-electron chi connectivity index (χ4n) is 2.30. The highest BCUT2D eigenvalue weighted by atomic mass is 16.3. The molecule has 0 radical (unpaired) electrons. The number of amides is 1. The highest BCUT2D eigenvalue weighted by Crippen LogP contribution is 2.37. The highest BCUT2D eigenvalue weighted by Gasteiger charge is 2.27. The number of rotatable bonds is 4. The van der Waals surface area contributed by atoms with Crippen molar-refractivity contribution in [2.24, 2.45) is 5.92 Å². The average molecular weight is 259 g/mol. The molecule has 0 unspecified atom stereocenters. The van der Waals surface area contributed by atoms with Crippen LogP contribution < -0.4 is 5.32 Å². The van der Waals surface area contributed by atoms with Gasteiger partial charge in [0.05, 0.1) is 0 Å². The number of hydrogen-bond donors (Lipinski definition) is 2. The van der Waals surface area contributed by atoms with E-state index in [1.807, 2.05) is 12.2 Å². The van der Waals surface area contributed by atoms with Gasteiger partial charge < -0.3 is 10.4 Å². The second kappa shape index (κ2) is 5.09. The SMILES string of the molecule is O=C(N[C@@H]1C=C[C@H](CO)C1)c1ccnc(C2CC2)n1. The Morgan fingerprint density at radius 1 is 1.42 bits per heavy atom. The summed E-state index contributed by atoms with van der Waals surface area (Å²) in [5, 5.41) is 12.0. The average Bonchev–Trinajstić information content (AvgIpc) is 3.20. The van der Waals surface area contributed by atoms with Gasteiger partial charge in [0.25, 0.3) is 5.91 Å². The van der Waals surface area contributed by atoms with E-state index < -0.39 is 0 Å².